The number of aryl methyl sites for hydroxylation is 1. The normalized spacial score (nSPS) is 14.0. The molecule has 1 aliphatic heterocycles. The Bertz CT molecular complexity index is 1920. The fourth-order valence-corrected chi connectivity index (χ4v) is 5.79. The molecule has 5 aromatic heterocycles. The summed E-state index contributed by atoms with van der Waals surface area (Å²) < 4.78 is 14.2. The van der Waals surface area contributed by atoms with Gasteiger partial charge < -0.3 is 15.6 Å². The summed E-state index contributed by atoms with van der Waals surface area (Å²) in [5, 5.41) is 15.8. The number of H-pyrrole nitrogens is 2. The van der Waals surface area contributed by atoms with Crippen molar-refractivity contribution in [3.8, 4) is 33.8 Å². The predicted octanol–water partition coefficient (Wildman–Crippen LogP) is 6.01. The number of rotatable bonds is 6. The molecule has 9 nitrogen and oxygen atoms in total. The highest BCUT2D eigenvalue weighted by Crippen LogP contribution is 2.35. The molecule has 6 heterocycles. The van der Waals surface area contributed by atoms with Crippen molar-refractivity contribution in [3.63, 3.8) is 0 Å². The predicted molar refractivity (Wildman–Crippen MR) is 161 cm³/mol. The fraction of sp³-hybridized carbons (Fsp3) is 0.219. The van der Waals surface area contributed by atoms with Gasteiger partial charge in [0.05, 0.1) is 46.7 Å². The minimum Gasteiger partial charge on any atom is -0.352 e. The van der Waals surface area contributed by atoms with E-state index >= 15 is 0 Å². The third-order valence-electron chi connectivity index (χ3n) is 7.85. The van der Waals surface area contributed by atoms with Gasteiger partial charge in [-0.05, 0) is 80.2 Å². The lowest BCUT2D eigenvalue weighted by molar-refractivity contribution is -0.117. The van der Waals surface area contributed by atoms with Gasteiger partial charge in [0.2, 0.25) is 5.91 Å². The van der Waals surface area contributed by atoms with E-state index in [2.05, 4.69) is 40.8 Å². The molecule has 0 saturated carbocycles. The van der Waals surface area contributed by atoms with Gasteiger partial charge in [0.1, 0.15) is 11.5 Å². The van der Waals surface area contributed by atoms with Gasteiger partial charge in [-0.1, -0.05) is 6.07 Å². The Morgan fingerprint density at radius 2 is 1.79 bits per heavy atom. The molecule has 7 rings (SSSR count). The van der Waals surface area contributed by atoms with E-state index < -0.39 is 0 Å². The number of amides is 1. The summed E-state index contributed by atoms with van der Waals surface area (Å²) in [6, 6.07) is 10.9. The first-order chi connectivity index (χ1) is 20.5. The van der Waals surface area contributed by atoms with E-state index in [4.69, 9.17) is 0 Å². The maximum absolute atomic E-state index is 14.2. The zero-order valence-corrected chi connectivity index (χ0v) is 23.0. The van der Waals surface area contributed by atoms with Gasteiger partial charge in [-0.3, -0.25) is 24.8 Å². The van der Waals surface area contributed by atoms with Crippen molar-refractivity contribution in [2.75, 3.05) is 18.4 Å². The second-order valence-corrected chi connectivity index (χ2v) is 10.9. The topological polar surface area (TPSA) is 124 Å². The number of halogens is 1. The van der Waals surface area contributed by atoms with Crippen LogP contribution in [0.4, 0.5) is 10.1 Å². The molecule has 0 bridgehead atoms. The van der Waals surface area contributed by atoms with Crippen LogP contribution in [0.5, 0.6) is 0 Å². The second-order valence-electron chi connectivity index (χ2n) is 10.9. The van der Waals surface area contributed by atoms with Crippen LogP contribution in [0.25, 0.3) is 55.6 Å². The van der Waals surface area contributed by atoms with Gasteiger partial charge in [-0.25, -0.2) is 4.39 Å². The lowest BCUT2D eigenvalue weighted by Gasteiger charge is -2.21. The van der Waals surface area contributed by atoms with Crippen molar-refractivity contribution in [2.24, 2.45) is 5.92 Å². The summed E-state index contributed by atoms with van der Waals surface area (Å²) in [7, 11) is 0. The van der Waals surface area contributed by atoms with Crippen LogP contribution in [0.15, 0.2) is 67.4 Å². The fourth-order valence-electron chi connectivity index (χ4n) is 5.79. The summed E-state index contributed by atoms with van der Waals surface area (Å²) in [5.41, 5.74) is 7.72. The Morgan fingerprint density at radius 3 is 2.64 bits per heavy atom. The van der Waals surface area contributed by atoms with Crippen LogP contribution in [0, 0.1) is 18.7 Å². The zero-order valence-electron chi connectivity index (χ0n) is 23.0. The molecule has 0 radical (unpaired) electrons. The molecule has 1 amide bonds. The summed E-state index contributed by atoms with van der Waals surface area (Å²) in [5.74, 6) is 0.124. The van der Waals surface area contributed by atoms with Gasteiger partial charge in [-0.2, -0.15) is 5.10 Å². The lowest BCUT2D eigenvalue weighted by atomic mass is 9.94. The van der Waals surface area contributed by atoms with E-state index in [0.717, 1.165) is 81.4 Å². The Labute approximate surface area is 241 Å². The van der Waals surface area contributed by atoms with E-state index in [1.807, 2.05) is 31.2 Å². The number of carbonyl (C=O) groups is 1. The monoisotopic (exact) mass is 560 g/mol. The maximum atomic E-state index is 14.2. The standard InChI is InChI=1S/C32H29FN8O/c1-18-6-20(9-22(33)7-18)26-15-36-16-29-24(26)11-28(39-29)32-25-12-27(37-17-30(25)40-41-32)21-10-23(14-35-13-21)38-31(42)8-19-2-4-34-5-3-19/h6-7,9-17,19,34,39H,2-5,8H2,1H3,(H,38,42)(H,40,41). The van der Waals surface area contributed by atoms with Crippen LogP contribution < -0.4 is 10.6 Å². The van der Waals surface area contributed by atoms with Crippen LogP contribution in [0.3, 0.4) is 0 Å². The molecular formula is C32H29FN8O. The number of aromatic amines is 2. The molecule has 42 heavy (non-hydrogen) atoms. The average molecular weight is 561 g/mol. The largest absolute Gasteiger partial charge is 0.352 e. The first-order valence-electron chi connectivity index (χ1n) is 14.0. The van der Waals surface area contributed by atoms with Crippen molar-refractivity contribution in [3.05, 3.63) is 78.8 Å². The molecule has 1 aliphatic rings. The number of hydrogen-bond acceptors (Lipinski definition) is 6. The van der Waals surface area contributed by atoms with Gasteiger partial charge in [-0.15, -0.1) is 0 Å². The minimum absolute atomic E-state index is 0.00227. The minimum atomic E-state index is -0.281. The second kappa shape index (κ2) is 10.8. The molecule has 1 saturated heterocycles. The number of benzene rings is 1. The van der Waals surface area contributed by atoms with Crippen LogP contribution in [0.2, 0.25) is 0 Å². The number of piperidine rings is 1. The van der Waals surface area contributed by atoms with E-state index in [1.165, 1.54) is 12.1 Å². The Balaban J connectivity index is 1.20. The SMILES string of the molecule is Cc1cc(F)cc(-c2cncc3[nH]c(-c4n[nH]c5cnc(-c6cncc(NC(=O)CC7CCNCC7)c6)cc45)cc23)c1. The summed E-state index contributed by atoms with van der Waals surface area (Å²) in [4.78, 5) is 29.5. The molecule has 4 N–H and O–H groups in total. The Hall–Kier alpha value is -4.96. The molecule has 0 unspecified atom stereocenters. The number of nitrogens with one attached hydrogen (secondary N) is 4. The van der Waals surface area contributed by atoms with Crippen molar-refractivity contribution < 1.29 is 9.18 Å². The molecule has 1 aromatic carbocycles. The number of fused-ring (bicyclic) bond motifs is 2. The third-order valence-corrected chi connectivity index (χ3v) is 7.85. The number of nitrogens with zero attached hydrogens (tertiary/aromatic N) is 4. The van der Waals surface area contributed by atoms with Crippen LogP contribution in [-0.4, -0.2) is 49.1 Å². The van der Waals surface area contributed by atoms with Crippen LogP contribution in [0.1, 0.15) is 24.8 Å². The number of anilines is 1. The van der Waals surface area contributed by atoms with Crippen LogP contribution in [-0.2, 0) is 4.79 Å². The number of aromatic nitrogens is 6. The first-order valence-corrected chi connectivity index (χ1v) is 14.0. The maximum Gasteiger partial charge on any atom is 0.224 e. The van der Waals surface area contributed by atoms with E-state index in [0.29, 0.717) is 23.7 Å². The van der Waals surface area contributed by atoms with Crippen molar-refractivity contribution in [2.45, 2.75) is 26.2 Å². The van der Waals surface area contributed by atoms with E-state index in [9.17, 15) is 9.18 Å². The van der Waals surface area contributed by atoms with Gasteiger partial charge in [0.15, 0.2) is 0 Å². The van der Waals surface area contributed by atoms with Crippen molar-refractivity contribution in [1.29, 1.82) is 0 Å². The molecule has 0 aliphatic carbocycles. The smallest absolute Gasteiger partial charge is 0.224 e. The molecule has 0 atom stereocenters. The van der Waals surface area contributed by atoms with E-state index in [1.54, 1.807) is 31.0 Å². The number of hydrogen-bond donors (Lipinski definition) is 4. The molecule has 0 spiro atoms. The van der Waals surface area contributed by atoms with Crippen molar-refractivity contribution in [1.82, 2.24) is 35.5 Å². The molecule has 210 valence electrons. The summed E-state index contributed by atoms with van der Waals surface area (Å²) in [6.45, 7) is 3.80. The highest BCUT2D eigenvalue weighted by atomic mass is 19.1. The zero-order chi connectivity index (χ0) is 28.6. The Morgan fingerprint density at radius 1 is 0.929 bits per heavy atom. The van der Waals surface area contributed by atoms with Gasteiger partial charge >= 0.3 is 0 Å². The van der Waals surface area contributed by atoms with Crippen LogP contribution >= 0.6 is 0 Å². The van der Waals surface area contributed by atoms with Gasteiger partial charge in [0.25, 0.3) is 0 Å². The van der Waals surface area contributed by atoms with E-state index in [-0.39, 0.29) is 11.7 Å². The molecular weight excluding hydrogens is 531 g/mol. The third kappa shape index (κ3) is 5.12. The lowest BCUT2D eigenvalue weighted by Crippen LogP contribution is -2.30. The highest BCUT2D eigenvalue weighted by Gasteiger charge is 2.18. The summed E-state index contributed by atoms with van der Waals surface area (Å²) >= 11 is 0. The average Bonchev–Trinajstić information content (AvgIpc) is 3.61. The first kappa shape index (κ1) is 26.0. The summed E-state index contributed by atoms with van der Waals surface area (Å²) in [6.07, 6.45) is 11.2. The number of pyridine rings is 3. The Kier molecular flexibility index (Phi) is 6.67. The molecule has 1 fully saturated rings. The quantitative estimate of drug-likeness (QED) is 0.198. The highest BCUT2D eigenvalue weighted by molar-refractivity contribution is 6.01. The molecule has 10 heteroatoms. The van der Waals surface area contributed by atoms with Gasteiger partial charge in [0, 0.05) is 40.7 Å². The number of carbonyl (C=O) groups excluding carboxylic acids is 1. The van der Waals surface area contributed by atoms with Crippen molar-refractivity contribution >= 4 is 33.4 Å². The molecule has 6 aromatic rings.